The number of benzene rings is 1. The summed E-state index contributed by atoms with van der Waals surface area (Å²) >= 11 is 0. The molecule has 1 N–H and O–H groups in total. The molecule has 0 fully saturated rings. The van der Waals surface area contributed by atoms with Gasteiger partial charge in [0.05, 0.1) is 0 Å². The van der Waals surface area contributed by atoms with E-state index in [0.717, 1.165) is 0 Å². The van der Waals surface area contributed by atoms with Gasteiger partial charge in [0.15, 0.2) is 5.71 Å². The van der Waals surface area contributed by atoms with Gasteiger partial charge in [-0.05, 0) is 26.0 Å². The molecule has 0 aromatic heterocycles. The average molecular weight is 226 g/mol. The van der Waals surface area contributed by atoms with Gasteiger partial charge in [0.1, 0.15) is 6.04 Å². The minimum atomic E-state index is 0. The van der Waals surface area contributed by atoms with Crippen molar-refractivity contribution in [2.75, 3.05) is 0 Å². The monoisotopic (exact) mass is 225 g/mol. The summed E-state index contributed by atoms with van der Waals surface area (Å²) in [6.07, 6.45) is 0. The van der Waals surface area contributed by atoms with Crippen LogP contribution in [0.2, 0.25) is 0 Å². The summed E-state index contributed by atoms with van der Waals surface area (Å²) in [5.74, 6) is 0.541. The Morgan fingerprint density at radius 1 is 1.00 bits per heavy atom. The van der Waals surface area contributed by atoms with Crippen LogP contribution >= 0.6 is 0 Å². The third-order valence-corrected chi connectivity index (χ3v) is 2.11. The lowest BCUT2D eigenvalue weighted by Crippen LogP contribution is -3.00. The molecule has 1 rings (SSSR count). The molecule has 0 radical (unpaired) electrons. The molecule has 2 heteroatoms. The fourth-order valence-corrected chi connectivity index (χ4v) is 1.51. The summed E-state index contributed by atoms with van der Waals surface area (Å²) in [6.45, 7) is 8.78. The standard InChI is InChI=1S/C13H19N.ClH/c1-10(2)13(14-11(3)4)12-8-6-5-7-9-12;/h5-11H,1-4H3;1H. The summed E-state index contributed by atoms with van der Waals surface area (Å²) in [7, 11) is 0. The highest BCUT2D eigenvalue weighted by Gasteiger charge is 2.14. The number of nitrogens with one attached hydrogen (secondary N) is 1. The van der Waals surface area contributed by atoms with E-state index in [1.807, 2.05) is 0 Å². The zero-order valence-corrected chi connectivity index (χ0v) is 10.7. The Hall–Kier alpha value is -0.820. The highest BCUT2D eigenvalue weighted by atomic mass is 35.5. The van der Waals surface area contributed by atoms with Crippen LogP contribution in [0.1, 0.15) is 33.3 Å². The molecule has 0 aliphatic heterocycles. The normalized spacial score (nSPS) is 11.7. The van der Waals surface area contributed by atoms with Gasteiger partial charge in [-0.2, -0.15) is 0 Å². The highest BCUT2D eigenvalue weighted by molar-refractivity contribution is 5.97. The lowest BCUT2D eigenvalue weighted by Gasteiger charge is -2.05. The van der Waals surface area contributed by atoms with Crippen molar-refractivity contribution in [3.8, 4) is 0 Å². The van der Waals surface area contributed by atoms with Gasteiger partial charge in [0.2, 0.25) is 0 Å². The molecule has 0 heterocycles. The first-order chi connectivity index (χ1) is 6.61. The van der Waals surface area contributed by atoms with E-state index in [1.165, 1.54) is 11.3 Å². The van der Waals surface area contributed by atoms with Crippen LogP contribution in [0.5, 0.6) is 0 Å². The Bertz CT molecular complexity index is 302. The van der Waals surface area contributed by atoms with Crippen molar-refractivity contribution >= 4 is 5.71 Å². The van der Waals surface area contributed by atoms with E-state index in [2.05, 4.69) is 63.0 Å². The Morgan fingerprint density at radius 3 is 1.93 bits per heavy atom. The third-order valence-electron chi connectivity index (χ3n) is 2.11. The van der Waals surface area contributed by atoms with E-state index >= 15 is 0 Å². The second kappa shape index (κ2) is 6.62. The molecule has 0 bridgehead atoms. The number of hydrogen-bond donors (Lipinski definition) is 1. The van der Waals surface area contributed by atoms with Crippen molar-refractivity contribution in [3.05, 3.63) is 35.9 Å². The van der Waals surface area contributed by atoms with Crippen LogP contribution in [0.4, 0.5) is 0 Å². The molecule has 0 saturated heterocycles. The fraction of sp³-hybridized carbons (Fsp3) is 0.462. The highest BCUT2D eigenvalue weighted by Crippen LogP contribution is 2.04. The molecule has 0 atom stereocenters. The van der Waals surface area contributed by atoms with Crippen LogP contribution in [0.3, 0.4) is 0 Å². The lowest BCUT2D eigenvalue weighted by atomic mass is 10.00. The second-order valence-corrected chi connectivity index (χ2v) is 4.23. The minimum absolute atomic E-state index is 0. The van der Waals surface area contributed by atoms with Gasteiger partial charge in [-0.15, -0.1) is 0 Å². The maximum atomic E-state index is 3.51. The third kappa shape index (κ3) is 4.48. The number of rotatable bonds is 3. The maximum Gasteiger partial charge on any atom is 0.184 e. The molecule has 0 aliphatic rings. The SMILES string of the molecule is CC(C)[NH+]=C(c1ccccc1)C(C)C.[Cl-]. The van der Waals surface area contributed by atoms with Crippen LogP contribution in [-0.2, 0) is 0 Å². The van der Waals surface area contributed by atoms with Gasteiger partial charge in [0.25, 0.3) is 0 Å². The van der Waals surface area contributed by atoms with Crippen LogP contribution in [0.15, 0.2) is 30.3 Å². The first-order valence-electron chi connectivity index (χ1n) is 5.30. The summed E-state index contributed by atoms with van der Waals surface area (Å²) in [6, 6.07) is 11.0. The van der Waals surface area contributed by atoms with Crippen molar-refractivity contribution in [1.29, 1.82) is 0 Å². The summed E-state index contributed by atoms with van der Waals surface area (Å²) in [5.41, 5.74) is 2.64. The van der Waals surface area contributed by atoms with Crippen LogP contribution in [0.25, 0.3) is 0 Å². The molecular formula is C13H20ClN. The molecule has 84 valence electrons. The Kier molecular flexibility index (Phi) is 6.26. The van der Waals surface area contributed by atoms with E-state index in [1.54, 1.807) is 0 Å². The molecule has 0 unspecified atom stereocenters. The van der Waals surface area contributed by atoms with Crippen LogP contribution in [-0.4, -0.2) is 11.8 Å². The molecule has 0 saturated carbocycles. The Balaban J connectivity index is 0.00000196. The predicted molar refractivity (Wildman–Crippen MR) is 61.5 cm³/mol. The summed E-state index contributed by atoms with van der Waals surface area (Å²) < 4.78 is 0. The summed E-state index contributed by atoms with van der Waals surface area (Å²) in [4.78, 5) is 3.51. The number of hydrogen-bond acceptors (Lipinski definition) is 0. The second-order valence-electron chi connectivity index (χ2n) is 4.23. The topological polar surface area (TPSA) is 14.0 Å². The van der Waals surface area contributed by atoms with E-state index < -0.39 is 0 Å². The van der Waals surface area contributed by atoms with Gasteiger partial charge in [-0.3, -0.25) is 0 Å². The number of halogens is 1. The molecule has 15 heavy (non-hydrogen) atoms. The molecule has 0 amide bonds. The van der Waals surface area contributed by atoms with Gasteiger partial charge in [0, 0.05) is 11.5 Å². The first-order valence-corrected chi connectivity index (χ1v) is 5.30. The van der Waals surface area contributed by atoms with Crippen molar-refractivity contribution < 1.29 is 17.4 Å². The molecule has 0 aliphatic carbocycles. The van der Waals surface area contributed by atoms with Gasteiger partial charge in [-0.1, -0.05) is 32.0 Å². The Labute approximate surface area is 99.0 Å². The first kappa shape index (κ1) is 14.2. The lowest BCUT2D eigenvalue weighted by molar-refractivity contribution is -0.495. The van der Waals surface area contributed by atoms with Crippen LogP contribution in [0, 0.1) is 5.92 Å². The molecule has 0 spiro atoms. The smallest absolute Gasteiger partial charge is 0.184 e. The van der Waals surface area contributed by atoms with Crippen molar-refractivity contribution in [2.45, 2.75) is 33.7 Å². The van der Waals surface area contributed by atoms with Crippen molar-refractivity contribution in [3.63, 3.8) is 0 Å². The Morgan fingerprint density at radius 2 is 1.53 bits per heavy atom. The van der Waals surface area contributed by atoms with Gasteiger partial charge in [-0.25, -0.2) is 4.99 Å². The van der Waals surface area contributed by atoms with Crippen molar-refractivity contribution in [1.82, 2.24) is 0 Å². The average Bonchev–Trinajstić information content (AvgIpc) is 2.15. The van der Waals surface area contributed by atoms with Gasteiger partial charge >= 0.3 is 0 Å². The van der Waals surface area contributed by atoms with Gasteiger partial charge < -0.3 is 12.4 Å². The predicted octanol–water partition coefficient (Wildman–Crippen LogP) is -1.38. The molecule has 1 aromatic carbocycles. The fourth-order valence-electron chi connectivity index (χ4n) is 1.51. The molecular weight excluding hydrogens is 206 g/mol. The van der Waals surface area contributed by atoms with Crippen molar-refractivity contribution in [2.24, 2.45) is 5.92 Å². The van der Waals surface area contributed by atoms with E-state index in [4.69, 9.17) is 0 Å². The molecule has 1 aromatic rings. The molecule has 1 nitrogen and oxygen atoms in total. The zero-order chi connectivity index (χ0) is 10.6. The minimum Gasteiger partial charge on any atom is -1.00 e. The van der Waals surface area contributed by atoms with E-state index in [0.29, 0.717) is 12.0 Å². The van der Waals surface area contributed by atoms with E-state index in [9.17, 15) is 0 Å². The zero-order valence-electron chi connectivity index (χ0n) is 9.92. The quantitative estimate of drug-likeness (QED) is 0.610. The summed E-state index contributed by atoms with van der Waals surface area (Å²) in [5, 5.41) is 0. The van der Waals surface area contributed by atoms with Crippen LogP contribution < -0.4 is 17.4 Å². The largest absolute Gasteiger partial charge is 1.00 e. The van der Waals surface area contributed by atoms with E-state index in [-0.39, 0.29) is 12.4 Å². The maximum absolute atomic E-state index is 3.51.